The smallest absolute Gasteiger partial charge is 0.294 e. The van der Waals surface area contributed by atoms with Crippen LogP contribution in [-0.2, 0) is 6.42 Å². The van der Waals surface area contributed by atoms with Crippen molar-refractivity contribution >= 4 is 23.1 Å². The molecule has 2 rings (SSSR count). The van der Waals surface area contributed by atoms with Crippen molar-refractivity contribution in [3.63, 3.8) is 0 Å². The van der Waals surface area contributed by atoms with Gasteiger partial charge >= 0.3 is 5.69 Å². The molecule has 0 radical (unpaired) electrons. The molecule has 0 spiro atoms. The Bertz CT molecular complexity index is 737. The summed E-state index contributed by atoms with van der Waals surface area (Å²) in [5.41, 5.74) is -1.58. The molecule has 0 atom stereocenters. The Kier molecular flexibility index (Phi) is 4.23. The molecular weight excluding hydrogens is 306 g/mol. The van der Waals surface area contributed by atoms with Crippen molar-refractivity contribution in [1.82, 2.24) is 4.98 Å². The van der Waals surface area contributed by atoms with Crippen LogP contribution in [0.1, 0.15) is 15.9 Å². The summed E-state index contributed by atoms with van der Waals surface area (Å²) in [7, 11) is 0. The summed E-state index contributed by atoms with van der Waals surface area (Å²) in [5, 5.41) is 10.8. The van der Waals surface area contributed by atoms with Gasteiger partial charge in [-0.3, -0.25) is 19.9 Å². The van der Waals surface area contributed by atoms with Gasteiger partial charge < -0.3 is 0 Å². The average molecular weight is 313 g/mol. The molecule has 1 aromatic carbocycles. The molecular formula is C13H7ClF2N2O3. The van der Waals surface area contributed by atoms with E-state index < -0.39 is 40.0 Å². The Labute approximate surface area is 122 Å². The Morgan fingerprint density at radius 3 is 2.67 bits per heavy atom. The second-order valence-corrected chi connectivity index (χ2v) is 4.49. The van der Waals surface area contributed by atoms with Gasteiger partial charge in [-0.05, 0) is 17.7 Å². The summed E-state index contributed by atoms with van der Waals surface area (Å²) >= 11 is 5.81. The fourth-order valence-corrected chi connectivity index (χ4v) is 1.93. The normalized spacial score (nSPS) is 10.4. The predicted molar refractivity (Wildman–Crippen MR) is 70.3 cm³/mol. The molecule has 1 aromatic heterocycles. The second-order valence-electron chi connectivity index (χ2n) is 4.08. The highest BCUT2D eigenvalue weighted by Crippen LogP contribution is 2.25. The summed E-state index contributed by atoms with van der Waals surface area (Å²) in [4.78, 5) is 25.3. The number of aromatic nitrogens is 1. The lowest BCUT2D eigenvalue weighted by Crippen LogP contribution is -2.11. The lowest BCUT2D eigenvalue weighted by atomic mass is 10.0. The van der Waals surface area contributed by atoms with E-state index in [0.29, 0.717) is 17.7 Å². The van der Waals surface area contributed by atoms with Crippen molar-refractivity contribution in [1.29, 1.82) is 0 Å². The van der Waals surface area contributed by atoms with Gasteiger partial charge in [0.25, 0.3) is 0 Å². The zero-order chi connectivity index (χ0) is 15.6. The van der Waals surface area contributed by atoms with Gasteiger partial charge in [-0.1, -0.05) is 11.6 Å². The van der Waals surface area contributed by atoms with Crippen molar-refractivity contribution in [3.05, 3.63) is 68.5 Å². The lowest BCUT2D eigenvalue weighted by molar-refractivity contribution is -0.387. The number of halogens is 3. The number of carbonyl (C=O) groups excluding carboxylic acids is 1. The van der Waals surface area contributed by atoms with E-state index in [1.165, 1.54) is 18.5 Å². The van der Waals surface area contributed by atoms with E-state index in [1.807, 2.05) is 0 Å². The summed E-state index contributed by atoms with van der Waals surface area (Å²) in [5.74, 6) is -3.59. The largest absolute Gasteiger partial charge is 0.305 e. The third-order valence-corrected chi connectivity index (χ3v) is 3.09. The molecule has 0 saturated heterocycles. The van der Waals surface area contributed by atoms with E-state index in [1.54, 1.807) is 0 Å². The van der Waals surface area contributed by atoms with Gasteiger partial charge in [-0.2, -0.15) is 4.39 Å². The van der Waals surface area contributed by atoms with Crippen LogP contribution in [0.4, 0.5) is 14.5 Å². The summed E-state index contributed by atoms with van der Waals surface area (Å²) in [6.45, 7) is 0. The van der Waals surface area contributed by atoms with E-state index in [-0.39, 0.29) is 5.02 Å². The van der Waals surface area contributed by atoms with Crippen LogP contribution in [0.15, 0.2) is 30.6 Å². The number of pyridine rings is 1. The van der Waals surface area contributed by atoms with Gasteiger partial charge in [-0.25, -0.2) is 4.39 Å². The maximum atomic E-state index is 13.9. The molecule has 108 valence electrons. The molecule has 0 unspecified atom stereocenters. The SMILES string of the molecule is O=C(Cc1ccncc1Cl)c1c(F)ccc([N+](=O)[O-])c1F. The predicted octanol–water partition coefficient (Wildman–Crippen LogP) is 3.35. The zero-order valence-electron chi connectivity index (χ0n) is 10.3. The van der Waals surface area contributed by atoms with Crippen LogP contribution in [0.2, 0.25) is 5.02 Å². The van der Waals surface area contributed by atoms with Crippen molar-refractivity contribution in [2.24, 2.45) is 0 Å². The third kappa shape index (κ3) is 3.03. The first-order chi connectivity index (χ1) is 9.91. The van der Waals surface area contributed by atoms with Crippen LogP contribution in [0, 0.1) is 21.7 Å². The summed E-state index contributed by atoms with van der Waals surface area (Å²) in [6.07, 6.45) is 2.26. The average Bonchev–Trinajstić information content (AvgIpc) is 2.41. The second kappa shape index (κ2) is 5.92. The Morgan fingerprint density at radius 1 is 1.33 bits per heavy atom. The number of nitrogens with zero attached hydrogens (tertiary/aromatic N) is 2. The minimum absolute atomic E-state index is 0.164. The molecule has 0 saturated carbocycles. The number of hydrogen-bond donors (Lipinski definition) is 0. The van der Waals surface area contributed by atoms with Crippen LogP contribution in [0.3, 0.4) is 0 Å². The molecule has 0 bridgehead atoms. The summed E-state index contributed by atoms with van der Waals surface area (Å²) in [6, 6.07) is 2.77. The molecule has 0 aliphatic carbocycles. The van der Waals surface area contributed by atoms with E-state index in [2.05, 4.69) is 4.98 Å². The van der Waals surface area contributed by atoms with E-state index >= 15 is 0 Å². The number of Topliss-reactive ketones (excluding diaryl/α,β-unsaturated/α-hetero) is 1. The third-order valence-electron chi connectivity index (χ3n) is 2.75. The van der Waals surface area contributed by atoms with Crippen LogP contribution in [-0.4, -0.2) is 15.7 Å². The monoisotopic (exact) mass is 312 g/mol. The Morgan fingerprint density at radius 2 is 2.05 bits per heavy atom. The number of rotatable bonds is 4. The standard InChI is InChI=1S/C13H7ClF2N2O3/c14-8-6-17-4-3-7(8)5-11(19)12-9(15)1-2-10(13(12)16)18(20)21/h1-4,6H,5H2. The van der Waals surface area contributed by atoms with Gasteiger partial charge in [-0.15, -0.1) is 0 Å². The van der Waals surface area contributed by atoms with Crippen LogP contribution >= 0.6 is 11.6 Å². The zero-order valence-corrected chi connectivity index (χ0v) is 11.1. The molecule has 0 fully saturated rings. The highest BCUT2D eigenvalue weighted by atomic mass is 35.5. The molecule has 2 aromatic rings. The fraction of sp³-hybridized carbons (Fsp3) is 0.0769. The number of nitro benzene ring substituents is 1. The highest BCUT2D eigenvalue weighted by Gasteiger charge is 2.26. The van der Waals surface area contributed by atoms with Crippen molar-refractivity contribution < 1.29 is 18.5 Å². The first-order valence-electron chi connectivity index (χ1n) is 5.65. The molecule has 5 nitrogen and oxygen atoms in total. The number of benzene rings is 1. The first-order valence-corrected chi connectivity index (χ1v) is 6.03. The Balaban J connectivity index is 2.42. The number of carbonyl (C=O) groups is 1. The number of ketones is 1. The minimum atomic E-state index is -1.49. The number of hydrogen-bond acceptors (Lipinski definition) is 4. The van der Waals surface area contributed by atoms with Crippen molar-refractivity contribution in [2.75, 3.05) is 0 Å². The maximum Gasteiger partial charge on any atom is 0.305 e. The van der Waals surface area contributed by atoms with Crippen LogP contribution in [0.25, 0.3) is 0 Å². The molecule has 0 amide bonds. The van der Waals surface area contributed by atoms with E-state index in [9.17, 15) is 23.7 Å². The fourth-order valence-electron chi connectivity index (χ4n) is 1.75. The van der Waals surface area contributed by atoms with E-state index in [0.717, 1.165) is 0 Å². The quantitative estimate of drug-likeness (QED) is 0.493. The van der Waals surface area contributed by atoms with Gasteiger partial charge in [0.2, 0.25) is 5.82 Å². The lowest BCUT2D eigenvalue weighted by Gasteiger charge is -2.06. The highest BCUT2D eigenvalue weighted by molar-refractivity contribution is 6.31. The Hall–Kier alpha value is -2.41. The maximum absolute atomic E-state index is 13.9. The number of nitro groups is 1. The molecule has 1 heterocycles. The topological polar surface area (TPSA) is 73.1 Å². The molecule has 0 aliphatic rings. The van der Waals surface area contributed by atoms with Gasteiger partial charge in [0.15, 0.2) is 5.78 Å². The van der Waals surface area contributed by atoms with E-state index in [4.69, 9.17) is 11.6 Å². The molecule has 21 heavy (non-hydrogen) atoms. The molecule has 0 N–H and O–H groups in total. The first kappa shape index (κ1) is 15.0. The van der Waals surface area contributed by atoms with Crippen LogP contribution in [0.5, 0.6) is 0 Å². The van der Waals surface area contributed by atoms with Gasteiger partial charge in [0, 0.05) is 24.9 Å². The van der Waals surface area contributed by atoms with Gasteiger partial charge in [0.1, 0.15) is 5.82 Å². The van der Waals surface area contributed by atoms with Crippen molar-refractivity contribution in [3.8, 4) is 0 Å². The van der Waals surface area contributed by atoms with Gasteiger partial charge in [0.05, 0.1) is 15.5 Å². The van der Waals surface area contributed by atoms with Crippen LogP contribution < -0.4 is 0 Å². The van der Waals surface area contributed by atoms with Crippen molar-refractivity contribution in [2.45, 2.75) is 6.42 Å². The summed E-state index contributed by atoms with van der Waals surface area (Å²) < 4.78 is 27.5. The molecule has 8 heteroatoms. The minimum Gasteiger partial charge on any atom is -0.294 e. The molecule has 0 aliphatic heterocycles.